The largest absolute Gasteiger partial charge is 0.294 e. The van der Waals surface area contributed by atoms with Crippen LogP contribution in [0, 0.1) is 11.6 Å². The molecule has 2 nitrogen and oxygen atoms in total. The highest BCUT2D eigenvalue weighted by molar-refractivity contribution is 7.09. The number of rotatable bonds is 3. The van der Waals surface area contributed by atoms with E-state index in [9.17, 15) is 13.6 Å². The van der Waals surface area contributed by atoms with Crippen molar-refractivity contribution in [3.8, 4) is 0 Å². The molecule has 0 bridgehead atoms. The molecule has 0 amide bonds. The summed E-state index contributed by atoms with van der Waals surface area (Å²) < 4.78 is 26.1. The van der Waals surface area contributed by atoms with Gasteiger partial charge in [0, 0.05) is 11.6 Å². The first kappa shape index (κ1) is 10.9. The van der Waals surface area contributed by atoms with Crippen LogP contribution >= 0.6 is 11.3 Å². The van der Waals surface area contributed by atoms with Gasteiger partial charge >= 0.3 is 0 Å². The van der Waals surface area contributed by atoms with E-state index in [1.807, 2.05) is 0 Å². The maximum atomic E-state index is 13.3. The fourth-order valence-electron chi connectivity index (χ4n) is 1.29. The standard InChI is InChI=1S/C11H7F2NOS/c12-8-3-1-2-7(11(8)13)9(15)6-10-14-4-5-16-10/h1-5H,6H2. The number of benzene rings is 1. The summed E-state index contributed by atoms with van der Waals surface area (Å²) in [6.45, 7) is 0. The van der Waals surface area contributed by atoms with Gasteiger partial charge in [0.05, 0.1) is 12.0 Å². The molecule has 0 radical (unpaired) electrons. The van der Waals surface area contributed by atoms with Crippen LogP contribution in [-0.2, 0) is 6.42 Å². The van der Waals surface area contributed by atoms with E-state index in [-0.39, 0.29) is 12.0 Å². The Morgan fingerprint density at radius 2 is 2.19 bits per heavy atom. The van der Waals surface area contributed by atoms with E-state index in [4.69, 9.17) is 0 Å². The van der Waals surface area contributed by atoms with Gasteiger partial charge in [-0.15, -0.1) is 11.3 Å². The Bertz CT molecular complexity index is 511. The number of ketones is 1. The minimum Gasteiger partial charge on any atom is -0.294 e. The summed E-state index contributed by atoms with van der Waals surface area (Å²) in [5, 5.41) is 2.32. The quantitative estimate of drug-likeness (QED) is 0.771. The maximum Gasteiger partial charge on any atom is 0.172 e. The summed E-state index contributed by atoms with van der Waals surface area (Å²) >= 11 is 1.31. The molecule has 1 aromatic heterocycles. The average molecular weight is 239 g/mol. The van der Waals surface area contributed by atoms with Gasteiger partial charge in [0.25, 0.3) is 0 Å². The molecule has 0 atom stereocenters. The first-order valence-corrected chi connectivity index (χ1v) is 5.42. The number of hydrogen-bond acceptors (Lipinski definition) is 3. The molecule has 1 heterocycles. The zero-order chi connectivity index (χ0) is 11.5. The van der Waals surface area contributed by atoms with Gasteiger partial charge in [0.15, 0.2) is 17.4 Å². The number of hydrogen-bond donors (Lipinski definition) is 0. The number of aromatic nitrogens is 1. The molecule has 1 aromatic carbocycles. The molecule has 2 aromatic rings. The van der Waals surface area contributed by atoms with Crippen molar-refractivity contribution in [2.45, 2.75) is 6.42 Å². The minimum absolute atomic E-state index is 0.00194. The van der Waals surface area contributed by atoms with Crippen molar-refractivity contribution in [3.63, 3.8) is 0 Å². The van der Waals surface area contributed by atoms with Crippen LogP contribution in [-0.4, -0.2) is 10.8 Å². The first-order valence-electron chi connectivity index (χ1n) is 4.54. The Hall–Kier alpha value is -1.62. The van der Waals surface area contributed by atoms with Crippen molar-refractivity contribution < 1.29 is 13.6 Å². The van der Waals surface area contributed by atoms with Crippen molar-refractivity contribution in [1.82, 2.24) is 4.98 Å². The number of carbonyl (C=O) groups is 1. The molecular weight excluding hydrogens is 232 g/mol. The van der Waals surface area contributed by atoms with E-state index in [2.05, 4.69) is 4.98 Å². The van der Waals surface area contributed by atoms with Crippen LogP contribution in [0.4, 0.5) is 8.78 Å². The molecule has 0 N–H and O–H groups in total. The van der Waals surface area contributed by atoms with Gasteiger partial charge in [0.2, 0.25) is 0 Å². The van der Waals surface area contributed by atoms with Crippen molar-refractivity contribution in [2.24, 2.45) is 0 Å². The zero-order valence-electron chi connectivity index (χ0n) is 8.11. The molecular formula is C11H7F2NOS. The van der Waals surface area contributed by atoms with Crippen molar-refractivity contribution in [1.29, 1.82) is 0 Å². The number of thiazole rings is 1. The third-order valence-corrected chi connectivity index (χ3v) is 2.83. The Balaban J connectivity index is 2.24. The van der Waals surface area contributed by atoms with Crippen molar-refractivity contribution >= 4 is 17.1 Å². The predicted octanol–water partition coefficient (Wildman–Crippen LogP) is 2.85. The zero-order valence-corrected chi connectivity index (χ0v) is 8.93. The molecule has 16 heavy (non-hydrogen) atoms. The number of Topliss-reactive ketones (excluding diaryl/α,β-unsaturated/α-hetero) is 1. The summed E-state index contributed by atoms with van der Waals surface area (Å²) in [5.74, 6) is -2.57. The second-order valence-corrected chi connectivity index (χ2v) is 4.11. The van der Waals surface area contributed by atoms with E-state index in [0.29, 0.717) is 5.01 Å². The molecule has 0 saturated heterocycles. The van der Waals surface area contributed by atoms with E-state index < -0.39 is 17.4 Å². The minimum atomic E-state index is -1.09. The van der Waals surface area contributed by atoms with E-state index in [1.54, 1.807) is 11.6 Å². The summed E-state index contributed by atoms with van der Waals surface area (Å²) in [6.07, 6.45) is 1.56. The van der Waals surface area contributed by atoms with Crippen molar-refractivity contribution in [2.75, 3.05) is 0 Å². The molecule has 2 rings (SSSR count). The second-order valence-electron chi connectivity index (χ2n) is 3.13. The van der Waals surface area contributed by atoms with Gasteiger partial charge in [-0.25, -0.2) is 13.8 Å². The average Bonchev–Trinajstić information content (AvgIpc) is 2.74. The van der Waals surface area contributed by atoms with Gasteiger partial charge in [-0.2, -0.15) is 0 Å². The lowest BCUT2D eigenvalue weighted by Gasteiger charge is -2.01. The molecule has 5 heteroatoms. The lowest BCUT2D eigenvalue weighted by atomic mass is 10.1. The third kappa shape index (κ3) is 2.14. The van der Waals surface area contributed by atoms with Gasteiger partial charge in [-0.05, 0) is 12.1 Å². The van der Waals surface area contributed by atoms with Crippen LogP contribution < -0.4 is 0 Å². The van der Waals surface area contributed by atoms with Crippen LogP contribution in [0.2, 0.25) is 0 Å². The number of nitrogens with zero attached hydrogens (tertiary/aromatic N) is 1. The van der Waals surface area contributed by atoms with Crippen LogP contribution in [0.3, 0.4) is 0 Å². The van der Waals surface area contributed by atoms with Gasteiger partial charge in [0.1, 0.15) is 5.01 Å². The maximum absolute atomic E-state index is 13.3. The topological polar surface area (TPSA) is 30.0 Å². The molecule has 0 spiro atoms. The molecule has 0 aliphatic heterocycles. The van der Waals surface area contributed by atoms with Crippen LogP contribution in [0.5, 0.6) is 0 Å². The van der Waals surface area contributed by atoms with Gasteiger partial charge in [-0.1, -0.05) is 6.07 Å². The third-order valence-electron chi connectivity index (χ3n) is 2.05. The fourth-order valence-corrected chi connectivity index (χ4v) is 1.91. The highest BCUT2D eigenvalue weighted by Crippen LogP contribution is 2.15. The highest BCUT2D eigenvalue weighted by Gasteiger charge is 2.16. The fraction of sp³-hybridized carbons (Fsp3) is 0.0909. The van der Waals surface area contributed by atoms with Crippen LogP contribution in [0.1, 0.15) is 15.4 Å². The van der Waals surface area contributed by atoms with Crippen LogP contribution in [0.15, 0.2) is 29.8 Å². The normalized spacial score (nSPS) is 10.4. The monoisotopic (exact) mass is 239 g/mol. The molecule has 82 valence electrons. The molecule has 0 saturated carbocycles. The lowest BCUT2D eigenvalue weighted by molar-refractivity contribution is 0.0988. The summed E-state index contributed by atoms with van der Waals surface area (Å²) in [4.78, 5) is 15.6. The first-order chi connectivity index (χ1) is 7.68. The highest BCUT2D eigenvalue weighted by atomic mass is 32.1. The van der Waals surface area contributed by atoms with Crippen molar-refractivity contribution in [3.05, 3.63) is 52.0 Å². The van der Waals surface area contributed by atoms with Gasteiger partial charge in [-0.3, -0.25) is 4.79 Å². The molecule has 0 fully saturated rings. The Morgan fingerprint density at radius 1 is 1.38 bits per heavy atom. The summed E-state index contributed by atoms with van der Waals surface area (Å²) in [6, 6.07) is 3.57. The predicted molar refractivity (Wildman–Crippen MR) is 56.5 cm³/mol. The van der Waals surface area contributed by atoms with Crippen LogP contribution in [0.25, 0.3) is 0 Å². The Labute approximate surface area is 94.6 Å². The Kier molecular flexibility index (Phi) is 3.05. The molecule has 0 aliphatic rings. The summed E-state index contributed by atoms with van der Waals surface area (Å²) in [5.41, 5.74) is -0.227. The SMILES string of the molecule is O=C(Cc1nccs1)c1cccc(F)c1F. The second kappa shape index (κ2) is 4.49. The Morgan fingerprint density at radius 3 is 2.88 bits per heavy atom. The number of halogens is 2. The van der Waals surface area contributed by atoms with E-state index in [1.165, 1.54) is 23.5 Å². The smallest absolute Gasteiger partial charge is 0.172 e. The summed E-state index contributed by atoms with van der Waals surface area (Å²) in [7, 11) is 0. The van der Waals surface area contributed by atoms with Gasteiger partial charge < -0.3 is 0 Å². The number of carbonyl (C=O) groups excluding carboxylic acids is 1. The molecule has 0 unspecified atom stereocenters. The lowest BCUT2D eigenvalue weighted by Crippen LogP contribution is -2.07. The van der Waals surface area contributed by atoms with E-state index >= 15 is 0 Å². The molecule has 0 aliphatic carbocycles. The van der Waals surface area contributed by atoms with E-state index in [0.717, 1.165) is 6.07 Å².